The van der Waals surface area contributed by atoms with Gasteiger partial charge in [0.05, 0.1) is 0 Å². The van der Waals surface area contributed by atoms with Gasteiger partial charge in [0, 0.05) is 20.6 Å². The summed E-state index contributed by atoms with van der Waals surface area (Å²) in [5, 5.41) is 12.4. The summed E-state index contributed by atoms with van der Waals surface area (Å²) in [5.41, 5.74) is -0.948. The Bertz CT molecular complexity index is 688. The van der Waals surface area contributed by atoms with E-state index in [-0.39, 0.29) is 5.56 Å². The van der Waals surface area contributed by atoms with E-state index in [9.17, 15) is 14.9 Å². The van der Waals surface area contributed by atoms with Gasteiger partial charge in [-0.1, -0.05) is 26.2 Å². The lowest BCUT2D eigenvalue weighted by atomic mass is 9.81. The second kappa shape index (κ2) is 6.82. The van der Waals surface area contributed by atoms with Gasteiger partial charge in [-0.3, -0.25) is 13.9 Å². The second-order valence-electron chi connectivity index (χ2n) is 6.22. The Morgan fingerprint density at radius 1 is 1.14 bits per heavy atom. The predicted octanol–water partition coefficient (Wildman–Crippen LogP) is 1.58. The van der Waals surface area contributed by atoms with Crippen LogP contribution in [0.3, 0.4) is 0 Å². The maximum absolute atomic E-state index is 12.0. The van der Waals surface area contributed by atoms with E-state index in [0.29, 0.717) is 18.3 Å². The number of nitriles is 1. The standard InChI is InChI=1S/C16H24N4O2/c1-4-11-5-7-12(8-6-11)10-18-14-13(9-17)15(21)20(3)16(22)19(14)2/h11-12,18H,4-8,10H2,1-3H3. The third-order valence-electron chi connectivity index (χ3n) is 4.88. The molecule has 120 valence electrons. The Balaban J connectivity index is 2.16. The maximum Gasteiger partial charge on any atom is 0.332 e. The van der Waals surface area contributed by atoms with Crippen molar-refractivity contribution in [1.82, 2.24) is 9.13 Å². The largest absolute Gasteiger partial charge is 0.370 e. The molecule has 1 aliphatic rings. The average molecular weight is 304 g/mol. The van der Waals surface area contributed by atoms with E-state index in [1.54, 1.807) is 7.05 Å². The number of hydrogen-bond acceptors (Lipinski definition) is 4. The van der Waals surface area contributed by atoms with E-state index in [0.717, 1.165) is 23.3 Å². The van der Waals surface area contributed by atoms with E-state index in [1.807, 2.05) is 6.07 Å². The first kappa shape index (κ1) is 16.3. The second-order valence-corrected chi connectivity index (χ2v) is 6.22. The quantitative estimate of drug-likeness (QED) is 0.916. The first-order chi connectivity index (χ1) is 10.5. The Morgan fingerprint density at radius 2 is 1.73 bits per heavy atom. The monoisotopic (exact) mass is 304 g/mol. The van der Waals surface area contributed by atoms with Crippen LogP contribution >= 0.6 is 0 Å². The van der Waals surface area contributed by atoms with Crippen molar-refractivity contribution >= 4 is 5.82 Å². The molecule has 0 radical (unpaired) electrons. The van der Waals surface area contributed by atoms with E-state index in [2.05, 4.69) is 12.2 Å². The van der Waals surface area contributed by atoms with Gasteiger partial charge in [0.2, 0.25) is 0 Å². The molecular formula is C16H24N4O2. The van der Waals surface area contributed by atoms with Gasteiger partial charge in [-0.05, 0) is 24.7 Å². The molecule has 6 heteroatoms. The normalized spacial score (nSPS) is 21.4. The lowest BCUT2D eigenvalue weighted by molar-refractivity contribution is 0.278. The van der Waals surface area contributed by atoms with Crippen LogP contribution in [0.2, 0.25) is 0 Å². The summed E-state index contributed by atoms with van der Waals surface area (Å²) in [4.78, 5) is 24.0. The summed E-state index contributed by atoms with van der Waals surface area (Å²) in [6, 6.07) is 1.92. The van der Waals surface area contributed by atoms with Crippen LogP contribution in [-0.2, 0) is 14.1 Å². The molecule has 1 heterocycles. The summed E-state index contributed by atoms with van der Waals surface area (Å²) in [6.45, 7) is 2.93. The highest BCUT2D eigenvalue weighted by atomic mass is 16.2. The highest BCUT2D eigenvalue weighted by molar-refractivity contribution is 5.51. The van der Waals surface area contributed by atoms with Crippen molar-refractivity contribution in [2.75, 3.05) is 11.9 Å². The Kier molecular flexibility index (Phi) is 5.07. The minimum absolute atomic E-state index is 0.00634. The van der Waals surface area contributed by atoms with Gasteiger partial charge in [0.15, 0.2) is 5.56 Å². The van der Waals surface area contributed by atoms with E-state index < -0.39 is 11.2 Å². The minimum Gasteiger partial charge on any atom is -0.370 e. The molecule has 0 saturated heterocycles. The number of nitrogens with one attached hydrogen (secondary N) is 1. The Labute approximate surface area is 130 Å². The fourth-order valence-electron chi connectivity index (χ4n) is 3.24. The predicted molar refractivity (Wildman–Crippen MR) is 85.9 cm³/mol. The van der Waals surface area contributed by atoms with Crippen LogP contribution in [0, 0.1) is 23.2 Å². The van der Waals surface area contributed by atoms with Crippen molar-refractivity contribution in [3.05, 3.63) is 26.4 Å². The maximum atomic E-state index is 12.0. The number of anilines is 1. The average Bonchev–Trinajstić information content (AvgIpc) is 2.55. The SMILES string of the molecule is CCC1CCC(CNc2c(C#N)c(=O)n(C)c(=O)n2C)CC1. The topological polar surface area (TPSA) is 79.8 Å². The molecule has 1 aromatic heterocycles. The number of rotatable bonds is 4. The van der Waals surface area contributed by atoms with Crippen molar-refractivity contribution < 1.29 is 0 Å². The number of hydrogen-bond donors (Lipinski definition) is 1. The van der Waals surface area contributed by atoms with Crippen molar-refractivity contribution in [2.45, 2.75) is 39.0 Å². The molecule has 0 unspecified atom stereocenters. The molecule has 1 N–H and O–H groups in total. The van der Waals surface area contributed by atoms with Gasteiger partial charge in [-0.15, -0.1) is 0 Å². The van der Waals surface area contributed by atoms with Crippen molar-refractivity contribution in [1.29, 1.82) is 5.26 Å². The molecule has 2 rings (SSSR count). The van der Waals surface area contributed by atoms with E-state index in [4.69, 9.17) is 0 Å². The molecule has 0 aliphatic heterocycles. The number of nitrogens with zero attached hydrogens (tertiary/aromatic N) is 3. The van der Waals surface area contributed by atoms with Crippen molar-refractivity contribution in [3.63, 3.8) is 0 Å². The zero-order valence-corrected chi connectivity index (χ0v) is 13.6. The molecule has 1 aliphatic carbocycles. The molecule has 1 aromatic rings. The zero-order valence-electron chi connectivity index (χ0n) is 13.6. The van der Waals surface area contributed by atoms with Crippen LogP contribution in [-0.4, -0.2) is 15.7 Å². The lowest BCUT2D eigenvalue weighted by Crippen LogP contribution is -2.40. The Hall–Kier alpha value is -2.03. The van der Waals surface area contributed by atoms with Gasteiger partial charge in [-0.2, -0.15) is 5.26 Å². The molecule has 22 heavy (non-hydrogen) atoms. The summed E-state index contributed by atoms with van der Waals surface area (Å²) >= 11 is 0. The molecule has 6 nitrogen and oxygen atoms in total. The van der Waals surface area contributed by atoms with Crippen LogP contribution in [0.15, 0.2) is 9.59 Å². The van der Waals surface area contributed by atoms with Crippen LogP contribution in [0.25, 0.3) is 0 Å². The van der Waals surface area contributed by atoms with Crippen LogP contribution in [0.1, 0.15) is 44.6 Å². The highest BCUT2D eigenvalue weighted by Gasteiger charge is 2.21. The highest BCUT2D eigenvalue weighted by Crippen LogP contribution is 2.30. The fraction of sp³-hybridized carbons (Fsp3) is 0.688. The molecule has 0 amide bonds. The third kappa shape index (κ3) is 3.08. The molecular weight excluding hydrogens is 280 g/mol. The molecule has 0 atom stereocenters. The molecule has 0 spiro atoms. The van der Waals surface area contributed by atoms with Gasteiger partial charge in [0.1, 0.15) is 11.9 Å². The van der Waals surface area contributed by atoms with Gasteiger partial charge < -0.3 is 5.32 Å². The Morgan fingerprint density at radius 3 is 2.27 bits per heavy atom. The third-order valence-corrected chi connectivity index (χ3v) is 4.88. The van der Waals surface area contributed by atoms with Crippen LogP contribution < -0.4 is 16.6 Å². The van der Waals surface area contributed by atoms with Crippen LogP contribution in [0.5, 0.6) is 0 Å². The molecule has 0 aromatic carbocycles. The molecule has 0 bridgehead atoms. The van der Waals surface area contributed by atoms with Crippen molar-refractivity contribution in [2.24, 2.45) is 25.9 Å². The van der Waals surface area contributed by atoms with Gasteiger partial charge in [-0.25, -0.2) is 4.79 Å². The van der Waals surface area contributed by atoms with Gasteiger partial charge >= 0.3 is 5.69 Å². The summed E-state index contributed by atoms with van der Waals surface area (Å²) in [6.07, 6.45) is 6.03. The smallest absolute Gasteiger partial charge is 0.332 e. The summed E-state index contributed by atoms with van der Waals surface area (Å²) in [5.74, 6) is 1.71. The number of aromatic nitrogens is 2. The van der Waals surface area contributed by atoms with Crippen LogP contribution in [0.4, 0.5) is 5.82 Å². The fourth-order valence-corrected chi connectivity index (χ4v) is 3.24. The molecule has 1 saturated carbocycles. The first-order valence-corrected chi connectivity index (χ1v) is 7.93. The minimum atomic E-state index is -0.539. The van der Waals surface area contributed by atoms with E-state index >= 15 is 0 Å². The summed E-state index contributed by atoms with van der Waals surface area (Å²) in [7, 11) is 2.97. The lowest BCUT2D eigenvalue weighted by Gasteiger charge is -2.28. The van der Waals surface area contributed by atoms with E-state index in [1.165, 1.54) is 30.9 Å². The summed E-state index contributed by atoms with van der Waals surface area (Å²) < 4.78 is 2.31. The molecule has 1 fully saturated rings. The zero-order chi connectivity index (χ0) is 16.3. The first-order valence-electron chi connectivity index (χ1n) is 7.93. The van der Waals surface area contributed by atoms with Crippen molar-refractivity contribution in [3.8, 4) is 6.07 Å². The van der Waals surface area contributed by atoms with Gasteiger partial charge in [0.25, 0.3) is 5.56 Å².